The Morgan fingerprint density at radius 3 is 2.43 bits per heavy atom. The van der Waals surface area contributed by atoms with Crippen LogP contribution >= 0.6 is 11.6 Å². The van der Waals surface area contributed by atoms with Crippen molar-refractivity contribution in [2.24, 2.45) is 0 Å². The summed E-state index contributed by atoms with van der Waals surface area (Å²) in [6.07, 6.45) is 8.60. The first-order chi connectivity index (χ1) is 10.2. The second-order valence-electron chi connectivity index (χ2n) is 5.15. The molecule has 0 saturated heterocycles. The molecule has 0 fully saturated rings. The summed E-state index contributed by atoms with van der Waals surface area (Å²) in [6, 6.07) is 4.57. The van der Waals surface area contributed by atoms with E-state index >= 15 is 0 Å². The van der Waals surface area contributed by atoms with Crippen molar-refractivity contribution < 1.29 is 9.66 Å². The Kier molecular flexibility index (Phi) is 8.83. The number of nitrogens with zero attached hydrogens (tertiary/aromatic N) is 1. The van der Waals surface area contributed by atoms with Crippen molar-refractivity contribution >= 4 is 17.3 Å². The normalized spacial score (nSPS) is 10.6. The largest absolute Gasteiger partial charge is 0.493 e. The lowest BCUT2D eigenvalue weighted by Crippen LogP contribution is -2.00. The Morgan fingerprint density at radius 2 is 1.81 bits per heavy atom. The van der Waals surface area contributed by atoms with E-state index in [9.17, 15) is 10.1 Å². The fourth-order valence-corrected chi connectivity index (χ4v) is 2.37. The van der Waals surface area contributed by atoms with Gasteiger partial charge in [0.15, 0.2) is 0 Å². The highest BCUT2D eigenvalue weighted by atomic mass is 35.5. The van der Waals surface area contributed by atoms with Gasteiger partial charge < -0.3 is 4.74 Å². The minimum Gasteiger partial charge on any atom is -0.493 e. The van der Waals surface area contributed by atoms with Crippen LogP contribution in [0, 0.1) is 10.1 Å². The number of unbranched alkanes of at least 4 members (excludes halogenated alkanes) is 6. The molecular weight excluding hydrogens is 290 g/mol. The minimum absolute atomic E-state index is 0.0499. The van der Waals surface area contributed by atoms with Crippen LogP contribution in [-0.4, -0.2) is 11.5 Å². The molecule has 0 amide bonds. The van der Waals surface area contributed by atoms with Gasteiger partial charge in [-0.25, -0.2) is 0 Å². The number of ether oxygens (including phenoxy) is 1. The summed E-state index contributed by atoms with van der Waals surface area (Å²) in [5.41, 5.74) is 0.725. The van der Waals surface area contributed by atoms with Crippen LogP contribution in [0.4, 0.5) is 5.69 Å². The number of hydrogen-bond acceptors (Lipinski definition) is 3. The summed E-state index contributed by atoms with van der Waals surface area (Å²) in [5.74, 6) is 0.871. The smallest absolute Gasteiger partial charge is 0.270 e. The molecule has 0 saturated carbocycles. The zero-order valence-corrected chi connectivity index (χ0v) is 13.4. The van der Waals surface area contributed by atoms with Gasteiger partial charge in [0.1, 0.15) is 5.75 Å². The van der Waals surface area contributed by atoms with Crippen molar-refractivity contribution in [3.8, 4) is 5.75 Å². The Labute approximate surface area is 131 Å². The summed E-state index contributed by atoms with van der Waals surface area (Å²) < 4.78 is 5.68. The number of nitro benzene ring substituents is 1. The van der Waals surface area contributed by atoms with Gasteiger partial charge >= 0.3 is 0 Å². The molecule has 0 atom stereocenters. The lowest BCUT2D eigenvalue weighted by atomic mass is 10.1. The van der Waals surface area contributed by atoms with E-state index in [-0.39, 0.29) is 11.6 Å². The monoisotopic (exact) mass is 313 g/mol. The highest BCUT2D eigenvalue weighted by Crippen LogP contribution is 2.26. The van der Waals surface area contributed by atoms with Gasteiger partial charge in [-0.15, -0.1) is 11.6 Å². The zero-order chi connectivity index (χ0) is 15.5. The van der Waals surface area contributed by atoms with Crippen LogP contribution in [0.2, 0.25) is 0 Å². The predicted octanol–water partition coefficient (Wildman–Crippen LogP) is 5.46. The number of halogens is 1. The van der Waals surface area contributed by atoms with Crippen LogP contribution in [0.5, 0.6) is 5.75 Å². The van der Waals surface area contributed by atoms with Crippen LogP contribution < -0.4 is 4.74 Å². The van der Waals surface area contributed by atoms with Gasteiger partial charge in [-0.3, -0.25) is 10.1 Å². The molecule has 1 rings (SSSR count). The van der Waals surface area contributed by atoms with E-state index in [2.05, 4.69) is 6.92 Å². The molecule has 1 aromatic carbocycles. The number of hydrogen-bond donors (Lipinski definition) is 0. The van der Waals surface area contributed by atoms with E-state index < -0.39 is 4.92 Å². The third kappa shape index (κ3) is 6.80. The molecule has 0 heterocycles. The van der Waals surface area contributed by atoms with E-state index in [4.69, 9.17) is 16.3 Å². The van der Waals surface area contributed by atoms with E-state index in [0.717, 1.165) is 12.8 Å². The summed E-state index contributed by atoms with van der Waals surface area (Å²) in [7, 11) is 0. The fraction of sp³-hybridized carbons (Fsp3) is 0.625. The standard InChI is InChI=1S/C16H24ClNO3/c1-2-3-4-5-6-7-8-11-21-16-10-9-15(18(19)20)12-14(16)13-17/h9-10,12H,2-8,11,13H2,1H3. The molecule has 0 spiro atoms. The van der Waals surface area contributed by atoms with Gasteiger partial charge in [-0.2, -0.15) is 0 Å². The maximum Gasteiger partial charge on any atom is 0.270 e. The summed E-state index contributed by atoms with van der Waals surface area (Å²) in [6.45, 7) is 2.85. The molecule has 4 nitrogen and oxygen atoms in total. The van der Waals surface area contributed by atoms with Crippen LogP contribution in [0.25, 0.3) is 0 Å². The highest BCUT2D eigenvalue weighted by Gasteiger charge is 2.10. The molecule has 0 unspecified atom stereocenters. The molecular formula is C16H24ClNO3. The van der Waals surface area contributed by atoms with E-state index in [0.29, 0.717) is 17.9 Å². The number of nitro groups is 1. The molecule has 118 valence electrons. The molecule has 0 aliphatic carbocycles. The molecule has 5 heteroatoms. The van der Waals surface area contributed by atoms with Crippen LogP contribution in [0.15, 0.2) is 18.2 Å². The quantitative estimate of drug-likeness (QED) is 0.236. The Bertz CT molecular complexity index is 438. The zero-order valence-electron chi connectivity index (χ0n) is 12.6. The minimum atomic E-state index is -0.421. The molecule has 21 heavy (non-hydrogen) atoms. The molecule has 1 aromatic rings. The average Bonchev–Trinajstić information content (AvgIpc) is 2.49. The van der Waals surface area contributed by atoms with Crippen LogP contribution in [0.3, 0.4) is 0 Å². The first-order valence-corrected chi connectivity index (χ1v) is 8.18. The van der Waals surface area contributed by atoms with Gasteiger partial charge in [0, 0.05) is 17.7 Å². The molecule has 0 radical (unpaired) electrons. The number of non-ortho nitro benzene ring substituents is 1. The maximum atomic E-state index is 10.7. The van der Waals surface area contributed by atoms with Gasteiger partial charge in [-0.1, -0.05) is 45.4 Å². The number of alkyl halides is 1. The predicted molar refractivity (Wildman–Crippen MR) is 86.1 cm³/mol. The maximum absolute atomic E-state index is 10.7. The summed E-state index contributed by atoms with van der Waals surface area (Å²) in [4.78, 5) is 10.3. The first kappa shape index (κ1) is 17.8. The van der Waals surface area contributed by atoms with Gasteiger partial charge in [0.2, 0.25) is 0 Å². The summed E-state index contributed by atoms with van der Waals surface area (Å²) in [5, 5.41) is 10.7. The Hall–Kier alpha value is -1.29. The Balaban J connectivity index is 2.30. The van der Waals surface area contributed by atoms with E-state index in [1.165, 1.54) is 44.2 Å². The van der Waals surface area contributed by atoms with E-state index in [1.54, 1.807) is 6.07 Å². The van der Waals surface area contributed by atoms with Gasteiger partial charge in [0.25, 0.3) is 5.69 Å². The van der Waals surface area contributed by atoms with Crippen LogP contribution in [0.1, 0.15) is 57.4 Å². The summed E-state index contributed by atoms with van der Waals surface area (Å²) >= 11 is 5.82. The molecule has 0 aromatic heterocycles. The molecule has 0 aliphatic rings. The topological polar surface area (TPSA) is 52.4 Å². The average molecular weight is 314 g/mol. The Morgan fingerprint density at radius 1 is 1.14 bits per heavy atom. The van der Waals surface area contributed by atoms with Crippen molar-refractivity contribution in [2.75, 3.05) is 6.61 Å². The highest BCUT2D eigenvalue weighted by molar-refractivity contribution is 6.17. The second kappa shape index (κ2) is 10.4. The second-order valence-corrected chi connectivity index (χ2v) is 5.42. The van der Waals surface area contributed by atoms with Crippen molar-refractivity contribution in [2.45, 2.75) is 57.7 Å². The first-order valence-electron chi connectivity index (χ1n) is 7.65. The third-order valence-electron chi connectivity index (χ3n) is 3.40. The molecule has 0 N–H and O–H groups in total. The van der Waals surface area contributed by atoms with Gasteiger partial charge in [0.05, 0.1) is 17.4 Å². The molecule has 0 bridgehead atoms. The van der Waals surface area contributed by atoms with Crippen molar-refractivity contribution in [1.29, 1.82) is 0 Å². The lowest BCUT2D eigenvalue weighted by molar-refractivity contribution is -0.384. The molecule has 0 aliphatic heterocycles. The number of benzene rings is 1. The fourth-order valence-electron chi connectivity index (χ4n) is 2.17. The third-order valence-corrected chi connectivity index (χ3v) is 3.69. The van der Waals surface area contributed by atoms with Gasteiger partial charge in [-0.05, 0) is 12.5 Å². The van der Waals surface area contributed by atoms with Crippen molar-refractivity contribution in [1.82, 2.24) is 0 Å². The SMILES string of the molecule is CCCCCCCCCOc1ccc([N+](=O)[O-])cc1CCl. The number of rotatable bonds is 11. The van der Waals surface area contributed by atoms with Crippen molar-refractivity contribution in [3.63, 3.8) is 0 Å². The van der Waals surface area contributed by atoms with Crippen molar-refractivity contribution in [3.05, 3.63) is 33.9 Å². The lowest BCUT2D eigenvalue weighted by Gasteiger charge is -2.09. The van der Waals surface area contributed by atoms with Crippen LogP contribution in [-0.2, 0) is 5.88 Å². The van der Waals surface area contributed by atoms with E-state index in [1.807, 2.05) is 0 Å².